The molecule has 16 heavy (non-hydrogen) atoms. The Hall–Kier alpha value is -0.500. The largest absolute Gasteiger partial charge is 0.241 e. The van der Waals surface area contributed by atoms with E-state index >= 15 is 0 Å². The van der Waals surface area contributed by atoms with Crippen molar-refractivity contribution in [3.05, 3.63) is 40.5 Å². The molecule has 1 aromatic rings. The normalized spacial score (nSPS) is 24.9. The minimum atomic E-state index is 0.0552. The summed E-state index contributed by atoms with van der Waals surface area (Å²) >= 11 is 12.3. The summed E-state index contributed by atoms with van der Waals surface area (Å²) in [5, 5.41) is 1.66. The first-order chi connectivity index (χ1) is 7.38. The molecule has 0 spiro atoms. The monoisotopic (exact) mass is 256 g/mol. The topological polar surface area (TPSA) is 0 Å². The van der Waals surface area contributed by atoms with Crippen molar-refractivity contribution in [2.45, 2.75) is 26.3 Å². The molecule has 1 nitrogen and oxygen atoms in total. The van der Waals surface area contributed by atoms with Gasteiger partial charge in [0.2, 0.25) is 5.16 Å². The number of halogens is 2. The third kappa shape index (κ3) is 1.58. The number of nitrogens with zero attached hydrogens (tertiary/aromatic N) is 1. The van der Waals surface area contributed by atoms with Crippen molar-refractivity contribution >= 4 is 28.9 Å². The fourth-order valence-electron chi connectivity index (χ4n) is 2.25. The number of hydrogen-bond acceptors (Lipinski definition) is 0. The molecular formula is C13H16Cl2N+. The smallest absolute Gasteiger partial charge is 0.208 e. The third-order valence-corrected chi connectivity index (χ3v) is 4.01. The predicted molar refractivity (Wildman–Crippen MR) is 71.8 cm³/mol. The summed E-state index contributed by atoms with van der Waals surface area (Å²) in [6.07, 6.45) is 2.07. The first kappa shape index (κ1) is 12.0. The molecule has 0 saturated carbocycles. The molecule has 0 saturated heterocycles. The average Bonchev–Trinajstić information content (AvgIpc) is 2.17. The van der Waals surface area contributed by atoms with Crippen molar-refractivity contribution in [1.29, 1.82) is 0 Å². The molecule has 1 aliphatic heterocycles. The van der Waals surface area contributed by atoms with Gasteiger partial charge < -0.3 is 0 Å². The van der Waals surface area contributed by atoms with Crippen LogP contribution < -0.4 is 4.48 Å². The van der Waals surface area contributed by atoms with Gasteiger partial charge in [-0.15, -0.1) is 0 Å². The van der Waals surface area contributed by atoms with Crippen LogP contribution in [0.15, 0.2) is 35.5 Å². The van der Waals surface area contributed by atoms with E-state index in [0.717, 1.165) is 16.7 Å². The predicted octanol–water partition coefficient (Wildman–Crippen LogP) is 4.54. The van der Waals surface area contributed by atoms with Crippen molar-refractivity contribution in [3.8, 4) is 0 Å². The van der Waals surface area contributed by atoms with E-state index in [1.807, 2.05) is 12.1 Å². The second-order valence-corrected chi connectivity index (χ2v) is 5.99. The molecule has 86 valence electrons. The number of benzene rings is 1. The van der Waals surface area contributed by atoms with Crippen LogP contribution in [0.5, 0.6) is 0 Å². The van der Waals surface area contributed by atoms with Gasteiger partial charge >= 0.3 is 0 Å². The van der Waals surface area contributed by atoms with Crippen LogP contribution in [0, 0.1) is 0 Å². The Morgan fingerprint density at radius 1 is 1.06 bits per heavy atom. The Bertz CT molecular complexity index is 428. The van der Waals surface area contributed by atoms with Crippen LogP contribution in [-0.4, -0.2) is 12.1 Å². The maximum Gasteiger partial charge on any atom is 0.208 e. The van der Waals surface area contributed by atoms with Crippen LogP contribution in [0.4, 0.5) is 5.69 Å². The highest BCUT2D eigenvalue weighted by molar-refractivity contribution is 6.31. The maximum absolute atomic E-state index is 6.33. The van der Waals surface area contributed by atoms with E-state index in [-0.39, 0.29) is 5.54 Å². The van der Waals surface area contributed by atoms with Crippen LogP contribution in [0.25, 0.3) is 0 Å². The number of quaternary nitrogens is 1. The minimum absolute atomic E-state index is 0.0552. The lowest BCUT2D eigenvalue weighted by molar-refractivity contribution is 0.193. The zero-order valence-electron chi connectivity index (χ0n) is 9.80. The molecular weight excluding hydrogens is 241 g/mol. The van der Waals surface area contributed by atoms with Crippen molar-refractivity contribution in [2.75, 3.05) is 6.54 Å². The Morgan fingerprint density at radius 2 is 1.62 bits per heavy atom. The molecule has 0 aliphatic carbocycles. The van der Waals surface area contributed by atoms with Crippen LogP contribution in [-0.2, 0) is 0 Å². The van der Waals surface area contributed by atoms with Crippen molar-refractivity contribution < 1.29 is 0 Å². The lowest BCUT2D eigenvalue weighted by Crippen LogP contribution is -2.64. The number of rotatable bonds is 1. The highest BCUT2D eigenvalue weighted by atomic mass is 35.5. The molecule has 0 amide bonds. The fourth-order valence-corrected chi connectivity index (χ4v) is 2.86. The standard InChI is InChI=1S/C13H16Cl2N/c1-13(2,3)16(9-8-12(16)15)11-6-4-10(14)5-7-11/h4-8H,9H2,1-3H3/q+1. The van der Waals surface area contributed by atoms with Gasteiger partial charge in [0, 0.05) is 23.2 Å². The average molecular weight is 257 g/mol. The summed E-state index contributed by atoms with van der Waals surface area (Å²) in [6.45, 7) is 7.56. The highest BCUT2D eigenvalue weighted by Gasteiger charge is 2.50. The summed E-state index contributed by atoms with van der Waals surface area (Å²) in [4.78, 5) is 0. The van der Waals surface area contributed by atoms with Crippen molar-refractivity contribution in [1.82, 2.24) is 4.48 Å². The quantitative estimate of drug-likeness (QED) is 0.511. The van der Waals surface area contributed by atoms with Gasteiger partial charge in [-0.05, 0) is 44.5 Å². The van der Waals surface area contributed by atoms with Crippen molar-refractivity contribution in [3.63, 3.8) is 0 Å². The molecule has 0 fully saturated rings. The second-order valence-electron chi connectivity index (χ2n) is 5.17. The molecule has 0 bridgehead atoms. The fraction of sp³-hybridized carbons (Fsp3) is 0.385. The molecule has 0 radical (unpaired) electrons. The number of hydrogen-bond donors (Lipinski definition) is 0. The van der Waals surface area contributed by atoms with E-state index in [1.165, 1.54) is 5.69 Å². The SMILES string of the molecule is CC(C)(C)[N+]1(c2ccc(Cl)cc2)CC=C1Cl. The van der Waals surface area contributed by atoms with Crippen LogP contribution in [0.1, 0.15) is 20.8 Å². The maximum atomic E-state index is 6.33. The molecule has 0 aromatic heterocycles. The first-order valence-electron chi connectivity index (χ1n) is 5.38. The summed E-state index contributed by atoms with van der Waals surface area (Å²) in [5.74, 6) is 0. The molecule has 1 aliphatic rings. The molecule has 1 aromatic carbocycles. The van der Waals surface area contributed by atoms with E-state index in [0.29, 0.717) is 4.48 Å². The van der Waals surface area contributed by atoms with Gasteiger partial charge in [-0.2, -0.15) is 0 Å². The van der Waals surface area contributed by atoms with Gasteiger partial charge in [-0.3, -0.25) is 0 Å². The van der Waals surface area contributed by atoms with E-state index in [9.17, 15) is 0 Å². The van der Waals surface area contributed by atoms with Crippen LogP contribution in [0.3, 0.4) is 0 Å². The molecule has 2 rings (SSSR count). The van der Waals surface area contributed by atoms with E-state index < -0.39 is 0 Å². The molecule has 3 heteroatoms. The summed E-state index contributed by atoms with van der Waals surface area (Å²) < 4.78 is 0.714. The van der Waals surface area contributed by atoms with Gasteiger partial charge in [0.15, 0.2) is 0 Å². The first-order valence-corrected chi connectivity index (χ1v) is 6.14. The third-order valence-electron chi connectivity index (χ3n) is 3.31. The summed E-state index contributed by atoms with van der Waals surface area (Å²) in [7, 11) is 0. The Kier molecular flexibility index (Phi) is 2.82. The highest BCUT2D eigenvalue weighted by Crippen LogP contribution is 2.44. The molecule has 0 N–H and O–H groups in total. The van der Waals surface area contributed by atoms with E-state index in [4.69, 9.17) is 23.2 Å². The van der Waals surface area contributed by atoms with Gasteiger partial charge in [0.1, 0.15) is 17.8 Å². The second kappa shape index (κ2) is 3.76. The van der Waals surface area contributed by atoms with Crippen LogP contribution >= 0.6 is 23.2 Å². The molecule has 1 atom stereocenters. The molecule has 1 unspecified atom stereocenters. The van der Waals surface area contributed by atoms with Gasteiger partial charge in [-0.25, -0.2) is 4.48 Å². The van der Waals surface area contributed by atoms with E-state index in [2.05, 4.69) is 39.0 Å². The lowest BCUT2D eigenvalue weighted by atomic mass is 9.96. The van der Waals surface area contributed by atoms with Crippen molar-refractivity contribution in [2.24, 2.45) is 0 Å². The minimum Gasteiger partial charge on any atom is -0.241 e. The Morgan fingerprint density at radius 3 is 1.94 bits per heavy atom. The van der Waals surface area contributed by atoms with E-state index in [1.54, 1.807) is 0 Å². The van der Waals surface area contributed by atoms with Crippen LogP contribution in [0.2, 0.25) is 5.02 Å². The Balaban J connectivity index is 2.51. The van der Waals surface area contributed by atoms with Gasteiger partial charge in [0.25, 0.3) is 0 Å². The summed E-state index contributed by atoms with van der Waals surface area (Å²) in [5.41, 5.74) is 1.25. The summed E-state index contributed by atoms with van der Waals surface area (Å²) in [6, 6.07) is 7.96. The molecule has 1 heterocycles. The zero-order chi connectivity index (χ0) is 12.0. The van der Waals surface area contributed by atoms with Gasteiger partial charge in [-0.1, -0.05) is 11.6 Å². The van der Waals surface area contributed by atoms with Gasteiger partial charge in [0.05, 0.1) is 0 Å². The lowest BCUT2D eigenvalue weighted by Gasteiger charge is -2.50. The zero-order valence-corrected chi connectivity index (χ0v) is 11.3. The Labute approximate surface area is 107 Å².